The van der Waals surface area contributed by atoms with Crippen LogP contribution in [-0.2, 0) is 4.79 Å². The van der Waals surface area contributed by atoms with Gasteiger partial charge in [-0.3, -0.25) is 9.89 Å². The summed E-state index contributed by atoms with van der Waals surface area (Å²) in [6.45, 7) is 3.67. The molecule has 1 aliphatic rings. The monoisotopic (exact) mass is 298 g/mol. The number of anilines is 2. The molecule has 1 aromatic heterocycles. The Hall–Kier alpha value is -2.30. The standard InChI is InChI=1S/C17H22N4O/c1-13(22)20(2)16-5-3-14(4-6-16)15-8-11-21(12-9-15)17-7-10-18-19-17/h3-7,10,15H,8-9,11-12H2,1-2H3,(H,18,19). The molecule has 0 atom stereocenters. The lowest BCUT2D eigenvalue weighted by Crippen LogP contribution is -2.33. The minimum Gasteiger partial charge on any atom is -0.357 e. The molecule has 1 aromatic carbocycles. The molecule has 0 saturated carbocycles. The number of hydrogen-bond acceptors (Lipinski definition) is 3. The van der Waals surface area contributed by atoms with Crippen LogP contribution in [0.2, 0.25) is 0 Å². The van der Waals surface area contributed by atoms with E-state index in [-0.39, 0.29) is 5.91 Å². The van der Waals surface area contributed by atoms with Crippen molar-refractivity contribution in [3.63, 3.8) is 0 Å². The Balaban J connectivity index is 1.63. The summed E-state index contributed by atoms with van der Waals surface area (Å²) in [5.74, 6) is 1.76. The molecule has 2 aromatic rings. The van der Waals surface area contributed by atoms with Crippen molar-refractivity contribution < 1.29 is 4.79 Å². The number of amides is 1. The van der Waals surface area contributed by atoms with E-state index in [0.29, 0.717) is 5.92 Å². The van der Waals surface area contributed by atoms with Gasteiger partial charge < -0.3 is 9.80 Å². The molecule has 5 nitrogen and oxygen atoms in total. The number of rotatable bonds is 3. The molecular weight excluding hydrogens is 276 g/mol. The summed E-state index contributed by atoms with van der Waals surface area (Å²) >= 11 is 0. The van der Waals surface area contributed by atoms with Crippen LogP contribution in [0, 0.1) is 0 Å². The van der Waals surface area contributed by atoms with Gasteiger partial charge in [0.2, 0.25) is 5.91 Å². The van der Waals surface area contributed by atoms with Crippen molar-refractivity contribution in [3.05, 3.63) is 42.1 Å². The van der Waals surface area contributed by atoms with Gasteiger partial charge in [0.15, 0.2) is 0 Å². The molecule has 0 aliphatic carbocycles. The Morgan fingerprint density at radius 3 is 2.45 bits per heavy atom. The van der Waals surface area contributed by atoms with Crippen LogP contribution in [0.3, 0.4) is 0 Å². The molecule has 2 heterocycles. The van der Waals surface area contributed by atoms with Crippen molar-refractivity contribution in [2.75, 3.05) is 29.9 Å². The van der Waals surface area contributed by atoms with E-state index in [9.17, 15) is 4.79 Å². The van der Waals surface area contributed by atoms with E-state index >= 15 is 0 Å². The molecule has 0 bridgehead atoms. The van der Waals surface area contributed by atoms with E-state index in [1.54, 1.807) is 25.1 Å². The number of H-pyrrole nitrogens is 1. The highest BCUT2D eigenvalue weighted by Gasteiger charge is 2.21. The van der Waals surface area contributed by atoms with Crippen molar-refractivity contribution in [2.24, 2.45) is 0 Å². The smallest absolute Gasteiger partial charge is 0.223 e. The minimum atomic E-state index is 0.0561. The van der Waals surface area contributed by atoms with E-state index in [0.717, 1.165) is 37.4 Å². The first kappa shape index (κ1) is 14.6. The Labute approximate surface area is 130 Å². The second-order valence-electron chi connectivity index (χ2n) is 5.87. The predicted octanol–water partition coefficient (Wildman–Crippen LogP) is 2.78. The van der Waals surface area contributed by atoms with Crippen molar-refractivity contribution in [1.29, 1.82) is 0 Å². The Morgan fingerprint density at radius 1 is 1.23 bits per heavy atom. The van der Waals surface area contributed by atoms with E-state index in [1.165, 1.54) is 5.56 Å². The highest BCUT2D eigenvalue weighted by Crippen LogP contribution is 2.30. The van der Waals surface area contributed by atoms with Gasteiger partial charge in [0.05, 0.1) is 6.20 Å². The third-order valence-electron chi connectivity index (χ3n) is 4.55. The minimum absolute atomic E-state index is 0.0561. The zero-order chi connectivity index (χ0) is 15.5. The largest absolute Gasteiger partial charge is 0.357 e. The van der Waals surface area contributed by atoms with E-state index < -0.39 is 0 Å². The van der Waals surface area contributed by atoms with Gasteiger partial charge in [-0.1, -0.05) is 12.1 Å². The van der Waals surface area contributed by atoms with Crippen molar-refractivity contribution in [1.82, 2.24) is 10.2 Å². The zero-order valence-corrected chi connectivity index (χ0v) is 13.1. The summed E-state index contributed by atoms with van der Waals surface area (Å²) in [4.78, 5) is 15.4. The van der Waals surface area contributed by atoms with Crippen LogP contribution in [0.4, 0.5) is 11.5 Å². The topological polar surface area (TPSA) is 52.2 Å². The maximum absolute atomic E-state index is 11.4. The molecule has 1 N–H and O–H groups in total. The number of nitrogens with one attached hydrogen (secondary N) is 1. The summed E-state index contributed by atoms with van der Waals surface area (Å²) < 4.78 is 0. The maximum Gasteiger partial charge on any atom is 0.223 e. The summed E-state index contributed by atoms with van der Waals surface area (Å²) in [5.41, 5.74) is 2.32. The molecule has 3 rings (SSSR count). The average molecular weight is 298 g/mol. The lowest BCUT2D eigenvalue weighted by molar-refractivity contribution is -0.116. The van der Waals surface area contributed by atoms with Crippen molar-refractivity contribution >= 4 is 17.4 Å². The van der Waals surface area contributed by atoms with Crippen LogP contribution in [0.1, 0.15) is 31.2 Å². The second kappa shape index (κ2) is 6.22. The van der Waals surface area contributed by atoms with Crippen LogP contribution >= 0.6 is 0 Å². The van der Waals surface area contributed by atoms with Crippen LogP contribution < -0.4 is 9.80 Å². The molecular formula is C17H22N4O. The molecule has 5 heteroatoms. The van der Waals surface area contributed by atoms with Crippen LogP contribution in [0.15, 0.2) is 36.5 Å². The first-order valence-corrected chi connectivity index (χ1v) is 7.73. The Kier molecular flexibility index (Phi) is 4.13. The van der Waals surface area contributed by atoms with E-state index in [1.807, 2.05) is 18.2 Å². The summed E-state index contributed by atoms with van der Waals surface area (Å²) in [6, 6.07) is 10.4. The number of hydrogen-bond donors (Lipinski definition) is 1. The molecule has 116 valence electrons. The first-order valence-electron chi connectivity index (χ1n) is 7.73. The molecule has 22 heavy (non-hydrogen) atoms. The van der Waals surface area contributed by atoms with Gasteiger partial charge in [0, 0.05) is 38.8 Å². The van der Waals surface area contributed by atoms with Gasteiger partial charge in [-0.05, 0) is 36.5 Å². The number of aromatic amines is 1. The summed E-state index contributed by atoms with van der Waals surface area (Å²) in [6.07, 6.45) is 4.08. The molecule has 1 saturated heterocycles. The number of carbonyl (C=O) groups excluding carboxylic acids is 1. The third kappa shape index (κ3) is 2.98. The number of piperidine rings is 1. The first-order chi connectivity index (χ1) is 10.6. The number of aromatic nitrogens is 2. The fourth-order valence-electron chi connectivity index (χ4n) is 3.03. The molecule has 1 aliphatic heterocycles. The number of carbonyl (C=O) groups is 1. The van der Waals surface area contributed by atoms with Gasteiger partial charge >= 0.3 is 0 Å². The fourth-order valence-corrected chi connectivity index (χ4v) is 3.03. The van der Waals surface area contributed by atoms with Gasteiger partial charge in [-0.25, -0.2) is 0 Å². The third-order valence-corrected chi connectivity index (χ3v) is 4.55. The molecule has 0 radical (unpaired) electrons. The number of nitrogens with zero attached hydrogens (tertiary/aromatic N) is 3. The molecule has 0 spiro atoms. The van der Waals surface area contributed by atoms with Gasteiger partial charge in [-0.15, -0.1) is 0 Å². The van der Waals surface area contributed by atoms with Crippen LogP contribution in [-0.4, -0.2) is 36.2 Å². The molecule has 0 unspecified atom stereocenters. The van der Waals surface area contributed by atoms with Crippen molar-refractivity contribution in [2.45, 2.75) is 25.7 Å². The van der Waals surface area contributed by atoms with Crippen LogP contribution in [0.25, 0.3) is 0 Å². The van der Waals surface area contributed by atoms with Gasteiger partial charge in [0.25, 0.3) is 0 Å². The van der Waals surface area contributed by atoms with Crippen molar-refractivity contribution in [3.8, 4) is 0 Å². The van der Waals surface area contributed by atoms with Gasteiger partial charge in [-0.2, -0.15) is 5.10 Å². The second-order valence-corrected chi connectivity index (χ2v) is 5.87. The zero-order valence-electron chi connectivity index (χ0n) is 13.1. The van der Waals surface area contributed by atoms with E-state index in [4.69, 9.17) is 0 Å². The highest BCUT2D eigenvalue weighted by molar-refractivity contribution is 5.90. The van der Waals surface area contributed by atoms with Crippen LogP contribution in [0.5, 0.6) is 0 Å². The average Bonchev–Trinajstić information content (AvgIpc) is 3.09. The summed E-state index contributed by atoms with van der Waals surface area (Å²) in [7, 11) is 1.81. The molecule has 1 amide bonds. The highest BCUT2D eigenvalue weighted by atomic mass is 16.2. The Morgan fingerprint density at radius 2 is 1.91 bits per heavy atom. The number of benzene rings is 1. The predicted molar refractivity (Wildman–Crippen MR) is 88.3 cm³/mol. The maximum atomic E-state index is 11.4. The Bertz CT molecular complexity index is 613. The fraction of sp³-hybridized carbons (Fsp3) is 0.412. The van der Waals surface area contributed by atoms with Gasteiger partial charge in [0.1, 0.15) is 5.82 Å². The lowest BCUT2D eigenvalue weighted by Gasteiger charge is -2.32. The SMILES string of the molecule is CC(=O)N(C)c1ccc(C2CCN(c3ccn[nH]3)CC2)cc1. The normalized spacial score (nSPS) is 15.8. The quantitative estimate of drug-likeness (QED) is 0.948. The molecule has 1 fully saturated rings. The van der Waals surface area contributed by atoms with E-state index in [2.05, 4.69) is 27.2 Å². The summed E-state index contributed by atoms with van der Waals surface area (Å²) in [5, 5.41) is 7.05. The lowest BCUT2D eigenvalue weighted by atomic mass is 9.89.